The molecule has 0 radical (unpaired) electrons. The smallest absolute Gasteiger partial charge is 0.251 e. The minimum Gasteiger partial charge on any atom is -0.357 e. The van der Waals surface area contributed by atoms with Crippen molar-refractivity contribution < 1.29 is 9.59 Å². The summed E-state index contributed by atoms with van der Waals surface area (Å²) in [5.41, 5.74) is 1.48. The van der Waals surface area contributed by atoms with Gasteiger partial charge in [0, 0.05) is 31.4 Å². The first kappa shape index (κ1) is 18.9. The molecule has 1 fully saturated rings. The lowest BCUT2D eigenvalue weighted by molar-refractivity contribution is -0.120. The van der Waals surface area contributed by atoms with Crippen LogP contribution in [0.1, 0.15) is 41.6 Å². The molecule has 2 N–H and O–H groups in total. The molecule has 0 aliphatic carbocycles. The van der Waals surface area contributed by atoms with E-state index in [1.165, 1.54) is 25.7 Å². The number of anilines is 1. The monoisotopic (exact) mass is 366 g/mol. The highest BCUT2D eigenvalue weighted by Crippen LogP contribution is 2.17. The van der Waals surface area contributed by atoms with Gasteiger partial charge in [-0.05, 0) is 36.6 Å². The van der Waals surface area contributed by atoms with E-state index in [0.717, 1.165) is 24.5 Å². The Bertz CT molecular complexity index is 739. The molecule has 0 spiro atoms. The zero-order valence-corrected chi connectivity index (χ0v) is 15.5. The zero-order valence-electron chi connectivity index (χ0n) is 15.5. The molecule has 0 unspecified atom stereocenters. The first-order valence-electron chi connectivity index (χ1n) is 9.52. The van der Waals surface area contributed by atoms with Gasteiger partial charge in [-0.25, -0.2) is 4.98 Å². The van der Waals surface area contributed by atoms with E-state index < -0.39 is 0 Å². The fourth-order valence-electron chi connectivity index (χ4n) is 3.12. The quantitative estimate of drug-likeness (QED) is 0.824. The van der Waals surface area contributed by atoms with Crippen LogP contribution in [0.3, 0.4) is 0 Å². The van der Waals surface area contributed by atoms with Gasteiger partial charge in [0.25, 0.3) is 5.91 Å². The molecule has 1 aliphatic heterocycles. The van der Waals surface area contributed by atoms with Crippen LogP contribution in [-0.2, 0) is 11.3 Å². The van der Waals surface area contributed by atoms with Crippen LogP contribution >= 0.6 is 0 Å². The Hall–Kier alpha value is -2.89. The predicted octanol–water partition coefficient (Wildman–Crippen LogP) is 2.51. The molecule has 1 saturated heterocycles. The summed E-state index contributed by atoms with van der Waals surface area (Å²) >= 11 is 0. The van der Waals surface area contributed by atoms with Gasteiger partial charge in [-0.15, -0.1) is 0 Å². The second kappa shape index (κ2) is 9.71. The molecule has 3 rings (SSSR count). The topological polar surface area (TPSA) is 74.3 Å². The maximum absolute atomic E-state index is 12.0. The summed E-state index contributed by atoms with van der Waals surface area (Å²) in [7, 11) is 0. The van der Waals surface area contributed by atoms with E-state index >= 15 is 0 Å². The standard InChI is InChI=1S/C21H26N4O2/c26-20(16-24-21(27)18-8-4-3-5-9-18)23-15-17-10-11-19(22-14-17)25-12-6-1-2-7-13-25/h3-5,8-11,14H,1-2,6-7,12-13,15-16H2,(H,23,26)(H,24,27). The van der Waals surface area contributed by atoms with Crippen LogP contribution in [0.25, 0.3) is 0 Å². The third kappa shape index (κ3) is 5.81. The number of pyridine rings is 1. The van der Waals surface area contributed by atoms with Gasteiger partial charge >= 0.3 is 0 Å². The molecule has 1 aliphatic rings. The third-order valence-corrected chi connectivity index (χ3v) is 4.67. The summed E-state index contributed by atoms with van der Waals surface area (Å²) < 4.78 is 0. The van der Waals surface area contributed by atoms with E-state index in [0.29, 0.717) is 12.1 Å². The van der Waals surface area contributed by atoms with Gasteiger partial charge in [0.2, 0.25) is 5.91 Å². The van der Waals surface area contributed by atoms with Crippen molar-refractivity contribution in [2.75, 3.05) is 24.5 Å². The Morgan fingerprint density at radius 2 is 1.67 bits per heavy atom. The van der Waals surface area contributed by atoms with Crippen molar-refractivity contribution in [3.05, 3.63) is 59.8 Å². The maximum Gasteiger partial charge on any atom is 0.251 e. The van der Waals surface area contributed by atoms with Gasteiger partial charge in [0.05, 0.1) is 6.54 Å². The summed E-state index contributed by atoms with van der Waals surface area (Å²) in [5.74, 6) is 0.521. The van der Waals surface area contributed by atoms with E-state index in [2.05, 4.69) is 20.5 Å². The van der Waals surface area contributed by atoms with Gasteiger partial charge in [0.1, 0.15) is 5.82 Å². The lowest BCUT2D eigenvalue weighted by atomic mass is 10.2. The number of amides is 2. The lowest BCUT2D eigenvalue weighted by Gasteiger charge is -2.21. The SMILES string of the molecule is O=C(CNC(=O)c1ccccc1)NCc1ccc(N2CCCCCC2)nc1. The zero-order chi connectivity index (χ0) is 18.9. The van der Waals surface area contributed by atoms with Gasteiger partial charge in [0.15, 0.2) is 0 Å². The fraction of sp³-hybridized carbons (Fsp3) is 0.381. The van der Waals surface area contributed by atoms with Crippen LogP contribution < -0.4 is 15.5 Å². The number of carbonyl (C=O) groups is 2. The number of carbonyl (C=O) groups excluding carboxylic acids is 2. The summed E-state index contributed by atoms with van der Waals surface area (Å²) in [6, 6.07) is 12.9. The minimum absolute atomic E-state index is 0.0486. The van der Waals surface area contributed by atoms with Crippen molar-refractivity contribution in [1.29, 1.82) is 0 Å². The number of hydrogen-bond acceptors (Lipinski definition) is 4. The third-order valence-electron chi connectivity index (χ3n) is 4.67. The van der Waals surface area contributed by atoms with Crippen molar-refractivity contribution in [2.24, 2.45) is 0 Å². The van der Waals surface area contributed by atoms with Crippen LogP contribution in [0, 0.1) is 0 Å². The average Bonchev–Trinajstić information content (AvgIpc) is 3.01. The molecule has 27 heavy (non-hydrogen) atoms. The van der Waals surface area contributed by atoms with E-state index in [4.69, 9.17) is 0 Å². The van der Waals surface area contributed by atoms with Gasteiger partial charge in [-0.2, -0.15) is 0 Å². The Kier molecular flexibility index (Phi) is 6.79. The van der Waals surface area contributed by atoms with E-state index in [9.17, 15) is 9.59 Å². The van der Waals surface area contributed by atoms with E-state index in [1.54, 1.807) is 24.3 Å². The Morgan fingerprint density at radius 1 is 0.926 bits per heavy atom. The number of nitrogens with zero attached hydrogens (tertiary/aromatic N) is 2. The van der Waals surface area contributed by atoms with E-state index in [1.807, 2.05) is 24.4 Å². The van der Waals surface area contributed by atoms with Gasteiger partial charge in [-0.3, -0.25) is 9.59 Å². The minimum atomic E-state index is -0.255. The van der Waals surface area contributed by atoms with Gasteiger partial charge < -0.3 is 15.5 Å². The molecule has 6 heteroatoms. The predicted molar refractivity (Wildman–Crippen MR) is 106 cm³/mol. The highest BCUT2D eigenvalue weighted by Gasteiger charge is 2.11. The summed E-state index contributed by atoms with van der Waals surface area (Å²) in [6.45, 7) is 2.47. The largest absolute Gasteiger partial charge is 0.357 e. The molecule has 142 valence electrons. The second-order valence-corrected chi connectivity index (χ2v) is 6.75. The molecule has 1 aromatic carbocycles. The Balaban J connectivity index is 1.42. The Labute approximate surface area is 160 Å². The normalized spacial score (nSPS) is 14.3. The average molecular weight is 366 g/mol. The number of hydrogen-bond donors (Lipinski definition) is 2. The van der Waals surface area contributed by atoms with Crippen molar-refractivity contribution in [2.45, 2.75) is 32.2 Å². The molecule has 2 heterocycles. The molecule has 0 saturated carbocycles. The highest BCUT2D eigenvalue weighted by molar-refractivity contribution is 5.96. The molecule has 0 atom stereocenters. The van der Waals surface area contributed by atoms with Gasteiger partial charge in [-0.1, -0.05) is 37.1 Å². The molecule has 1 aromatic heterocycles. The maximum atomic E-state index is 12.0. The molecule has 0 bridgehead atoms. The highest BCUT2D eigenvalue weighted by atomic mass is 16.2. The van der Waals surface area contributed by atoms with Crippen molar-refractivity contribution >= 4 is 17.6 Å². The van der Waals surface area contributed by atoms with Crippen LogP contribution in [0.2, 0.25) is 0 Å². The molecule has 2 amide bonds. The summed E-state index contributed by atoms with van der Waals surface area (Å²) in [4.78, 5) is 30.7. The van der Waals surface area contributed by atoms with Crippen molar-refractivity contribution in [3.63, 3.8) is 0 Å². The molecular formula is C21H26N4O2. The molecule has 2 aromatic rings. The number of rotatable bonds is 6. The van der Waals surface area contributed by atoms with Crippen LogP contribution in [0.5, 0.6) is 0 Å². The van der Waals surface area contributed by atoms with Crippen LogP contribution in [0.4, 0.5) is 5.82 Å². The van der Waals surface area contributed by atoms with E-state index in [-0.39, 0.29) is 18.4 Å². The summed E-state index contributed by atoms with van der Waals surface area (Å²) in [6.07, 6.45) is 6.83. The Morgan fingerprint density at radius 3 is 2.33 bits per heavy atom. The number of benzene rings is 1. The van der Waals surface area contributed by atoms with Crippen LogP contribution in [-0.4, -0.2) is 36.4 Å². The molecule has 6 nitrogen and oxygen atoms in total. The number of nitrogens with one attached hydrogen (secondary N) is 2. The first-order chi connectivity index (χ1) is 13.2. The number of aromatic nitrogens is 1. The fourth-order valence-corrected chi connectivity index (χ4v) is 3.12. The summed E-state index contributed by atoms with van der Waals surface area (Å²) in [5, 5.41) is 5.43. The second-order valence-electron chi connectivity index (χ2n) is 6.75. The van der Waals surface area contributed by atoms with Crippen molar-refractivity contribution in [3.8, 4) is 0 Å². The molecular weight excluding hydrogens is 340 g/mol. The van der Waals surface area contributed by atoms with Crippen molar-refractivity contribution in [1.82, 2.24) is 15.6 Å². The first-order valence-corrected chi connectivity index (χ1v) is 9.52. The lowest BCUT2D eigenvalue weighted by Crippen LogP contribution is -2.36. The van der Waals surface area contributed by atoms with Crippen LogP contribution in [0.15, 0.2) is 48.7 Å².